The first-order valence-corrected chi connectivity index (χ1v) is 10.7. The Labute approximate surface area is 166 Å². The number of nitrogens with zero attached hydrogens (tertiary/aromatic N) is 1. The van der Waals surface area contributed by atoms with E-state index >= 15 is 0 Å². The quantitative estimate of drug-likeness (QED) is 0.643. The van der Waals surface area contributed by atoms with E-state index in [4.69, 9.17) is 11.6 Å². The molecule has 0 saturated carbocycles. The fourth-order valence-electron chi connectivity index (χ4n) is 2.32. The molecule has 0 aliphatic carbocycles. The summed E-state index contributed by atoms with van der Waals surface area (Å²) in [5.41, 5.74) is 2.67. The van der Waals surface area contributed by atoms with Gasteiger partial charge in [-0.2, -0.15) is 0 Å². The number of hydrogen-bond acceptors (Lipinski definition) is 3. The average molecular weight is 493 g/mol. The highest BCUT2D eigenvalue weighted by Gasteiger charge is 2.23. The Hall–Kier alpha value is -1.32. The van der Waals surface area contributed by atoms with E-state index in [0.29, 0.717) is 22.0 Å². The normalized spacial score (nSPS) is 11.2. The number of benzene rings is 2. The van der Waals surface area contributed by atoms with E-state index in [-0.39, 0.29) is 6.54 Å². The third-order valence-electron chi connectivity index (χ3n) is 3.59. The van der Waals surface area contributed by atoms with Crippen molar-refractivity contribution in [2.24, 2.45) is 0 Å². The largest absolute Gasteiger partial charge is 0.324 e. The summed E-state index contributed by atoms with van der Waals surface area (Å²) in [7, 11) is -3.65. The van der Waals surface area contributed by atoms with E-state index in [1.165, 1.54) is 0 Å². The standard InChI is InChI=1S/C17H18ClIN2O3S/c1-11-4-5-13(18)9-16(11)21(25(3,23)24)10-17(22)20-15-7-6-14(19)8-12(15)2/h4-9H,10H2,1-3H3,(H,20,22). The molecule has 0 aliphatic heterocycles. The van der Waals surface area contributed by atoms with Crippen LogP contribution in [0.5, 0.6) is 0 Å². The van der Waals surface area contributed by atoms with Crippen LogP contribution in [0.4, 0.5) is 11.4 Å². The van der Waals surface area contributed by atoms with E-state index in [2.05, 4.69) is 27.9 Å². The van der Waals surface area contributed by atoms with Crippen LogP contribution in [0, 0.1) is 17.4 Å². The lowest BCUT2D eigenvalue weighted by atomic mass is 10.2. The molecule has 0 saturated heterocycles. The van der Waals surface area contributed by atoms with Crippen LogP contribution in [0.25, 0.3) is 0 Å². The molecule has 0 fully saturated rings. The van der Waals surface area contributed by atoms with Gasteiger partial charge in [-0.25, -0.2) is 8.42 Å². The second-order valence-corrected chi connectivity index (χ2v) is 9.30. The number of hydrogen-bond donors (Lipinski definition) is 1. The van der Waals surface area contributed by atoms with E-state index < -0.39 is 15.9 Å². The Kier molecular flexibility index (Phi) is 6.34. The maximum atomic E-state index is 12.4. The number of sulfonamides is 1. The zero-order valence-electron chi connectivity index (χ0n) is 14.0. The molecule has 5 nitrogen and oxygen atoms in total. The number of halogens is 2. The molecule has 0 atom stereocenters. The SMILES string of the molecule is Cc1cc(I)ccc1NC(=O)CN(c1cc(Cl)ccc1C)S(C)(=O)=O. The molecule has 0 bridgehead atoms. The number of amides is 1. The van der Waals surface area contributed by atoms with E-state index in [9.17, 15) is 13.2 Å². The first-order chi connectivity index (χ1) is 11.6. The monoisotopic (exact) mass is 492 g/mol. The predicted octanol–water partition coefficient (Wildman–Crippen LogP) is 3.97. The fourth-order valence-corrected chi connectivity index (χ4v) is 4.04. The van der Waals surface area contributed by atoms with Gasteiger partial charge in [-0.15, -0.1) is 0 Å². The summed E-state index contributed by atoms with van der Waals surface area (Å²) in [6.45, 7) is 3.32. The fraction of sp³-hybridized carbons (Fsp3) is 0.235. The van der Waals surface area contributed by atoms with Gasteiger partial charge < -0.3 is 5.32 Å². The van der Waals surface area contributed by atoms with Crippen LogP contribution in [-0.4, -0.2) is 27.1 Å². The van der Waals surface area contributed by atoms with Gasteiger partial charge in [-0.3, -0.25) is 9.10 Å². The summed E-state index contributed by atoms with van der Waals surface area (Å²) < 4.78 is 26.5. The molecule has 0 radical (unpaired) electrons. The second-order valence-electron chi connectivity index (χ2n) is 5.71. The summed E-state index contributed by atoms with van der Waals surface area (Å²) in [6, 6.07) is 10.5. The molecule has 0 spiro atoms. The highest BCUT2D eigenvalue weighted by Crippen LogP contribution is 2.26. The van der Waals surface area contributed by atoms with Gasteiger partial charge in [0.15, 0.2) is 0 Å². The maximum Gasteiger partial charge on any atom is 0.245 e. The van der Waals surface area contributed by atoms with Crippen LogP contribution in [0.15, 0.2) is 36.4 Å². The van der Waals surface area contributed by atoms with E-state index in [1.807, 2.05) is 19.1 Å². The van der Waals surface area contributed by atoms with Crippen molar-refractivity contribution in [1.82, 2.24) is 0 Å². The molecule has 2 rings (SSSR count). The van der Waals surface area contributed by atoms with Crippen LogP contribution in [0.2, 0.25) is 5.02 Å². The van der Waals surface area contributed by atoms with Gasteiger partial charge in [-0.05, 0) is 77.9 Å². The third-order valence-corrected chi connectivity index (χ3v) is 5.62. The van der Waals surface area contributed by atoms with Crippen molar-refractivity contribution < 1.29 is 13.2 Å². The Morgan fingerprint density at radius 1 is 1.16 bits per heavy atom. The van der Waals surface area contributed by atoms with Crippen molar-refractivity contribution in [1.29, 1.82) is 0 Å². The van der Waals surface area contributed by atoms with Crippen LogP contribution >= 0.6 is 34.2 Å². The molecule has 2 aromatic carbocycles. The first-order valence-electron chi connectivity index (χ1n) is 7.38. The molecule has 0 unspecified atom stereocenters. The van der Waals surface area contributed by atoms with Gasteiger partial charge in [0.1, 0.15) is 6.54 Å². The minimum absolute atomic E-state index is 0.328. The minimum Gasteiger partial charge on any atom is -0.324 e. The molecule has 2 aromatic rings. The lowest BCUT2D eigenvalue weighted by molar-refractivity contribution is -0.114. The number of rotatable bonds is 5. The molecule has 0 heterocycles. The van der Waals surface area contributed by atoms with E-state index in [1.54, 1.807) is 31.2 Å². The van der Waals surface area contributed by atoms with Gasteiger partial charge >= 0.3 is 0 Å². The lowest BCUT2D eigenvalue weighted by Crippen LogP contribution is -2.38. The third kappa shape index (κ3) is 5.32. The summed E-state index contributed by atoms with van der Waals surface area (Å²) in [5.74, 6) is -0.422. The zero-order chi connectivity index (χ0) is 18.8. The molecule has 1 amide bonds. The number of nitrogens with one attached hydrogen (secondary N) is 1. The summed E-state index contributed by atoms with van der Waals surface area (Å²) >= 11 is 8.18. The molecule has 8 heteroatoms. The van der Waals surface area contributed by atoms with Crippen LogP contribution < -0.4 is 9.62 Å². The zero-order valence-corrected chi connectivity index (χ0v) is 17.7. The smallest absolute Gasteiger partial charge is 0.245 e. The second kappa shape index (κ2) is 7.92. The Morgan fingerprint density at radius 3 is 2.44 bits per heavy atom. The van der Waals surface area contributed by atoms with Crippen molar-refractivity contribution in [3.05, 3.63) is 56.1 Å². The molecular weight excluding hydrogens is 475 g/mol. The van der Waals surface area contributed by atoms with Crippen LogP contribution in [0.3, 0.4) is 0 Å². The average Bonchev–Trinajstić information content (AvgIpc) is 2.49. The Bertz CT molecular complexity index is 916. The Morgan fingerprint density at radius 2 is 1.84 bits per heavy atom. The Balaban J connectivity index is 2.28. The minimum atomic E-state index is -3.65. The molecule has 25 heavy (non-hydrogen) atoms. The number of anilines is 2. The molecular formula is C17H18ClIN2O3S. The molecule has 0 aromatic heterocycles. The highest BCUT2D eigenvalue weighted by atomic mass is 127. The predicted molar refractivity (Wildman–Crippen MR) is 111 cm³/mol. The van der Waals surface area contributed by atoms with Crippen molar-refractivity contribution in [3.8, 4) is 0 Å². The van der Waals surface area contributed by atoms with Gasteiger partial charge in [-0.1, -0.05) is 17.7 Å². The maximum absolute atomic E-state index is 12.4. The van der Waals surface area contributed by atoms with Gasteiger partial charge in [0.2, 0.25) is 15.9 Å². The van der Waals surface area contributed by atoms with Crippen LogP contribution in [-0.2, 0) is 14.8 Å². The number of carbonyl (C=O) groups excluding carboxylic acids is 1. The van der Waals surface area contributed by atoms with Crippen molar-refractivity contribution >= 4 is 61.5 Å². The highest BCUT2D eigenvalue weighted by molar-refractivity contribution is 14.1. The van der Waals surface area contributed by atoms with Crippen molar-refractivity contribution in [2.45, 2.75) is 13.8 Å². The topological polar surface area (TPSA) is 66.5 Å². The molecule has 0 aliphatic rings. The van der Waals surface area contributed by atoms with E-state index in [0.717, 1.165) is 19.7 Å². The van der Waals surface area contributed by atoms with Crippen LogP contribution in [0.1, 0.15) is 11.1 Å². The van der Waals surface area contributed by atoms with Crippen molar-refractivity contribution in [2.75, 3.05) is 22.4 Å². The summed E-state index contributed by atoms with van der Waals surface area (Å²) in [4.78, 5) is 12.4. The lowest BCUT2D eigenvalue weighted by Gasteiger charge is -2.24. The van der Waals surface area contributed by atoms with Crippen molar-refractivity contribution in [3.63, 3.8) is 0 Å². The molecule has 1 N–H and O–H groups in total. The number of carbonyl (C=O) groups is 1. The number of aryl methyl sites for hydroxylation is 2. The summed E-state index contributed by atoms with van der Waals surface area (Å²) in [6.07, 6.45) is 1.07. The first kappa shape index (κ1) is 20.0. The van der Waals surface area contributed by atoms with Gasteiger partial charge in [0, 0.05) is 14.3 Å². The summed E-state index contributed by atoms with van der Waals surface area (Å²) in [5, 5.41) is 3.17. The molecule has 134 valence electrons. The van der Waals surface area contributed by atoms with Gasteiger partial charge in [0.25, 0.3) is 0 Å². The van der Waals surface area contributed by atoms with Gasteiger partial charge in [0.05, 0.1) is 11.9 Å².